The van der Waals surface area contributed by atoms with Crippen LogP contribution < -0.4 is 19.3 Å². The molecule has 0 radical (unpaired) electrons. The van der Waals surface area contributed by atoms with Gasteiger partial charge in [0.2, 0.25) is 0 Å². The van der Waals surface area contributed by atoms with Crippen molar-refractivity contribution in [2.24, 2.45) is 0 Å². The standard InChI is InChI=1S/C32H20N6O2/c1-5-23(37-25-9-13-33-17-29(25)39-30-18-34-14-10-26(30)37)6-2-21(1)22-3-7-24(8-4-22)38-27-11-15-35-19-31(27)40-32-20-36-16-12-28(32)38/h1-20H. The number of benzene rings is 2. The third-order valence-electron chi connectivity index (χ3n) is 7.04. The van der Waals surface area contributed by atoms with E-state index in [9.17, 15) is 0 Å². The van der Waals surface area contributed by atoms with Gasteiger partial charge in [-0.1, -0.05) is 24.3 Å². The zero-order valence-corrected chi connectivity index (χ0v) is 21.0. The summed E-state index contributed by atoms with van der Waals surface area (Å²) >= 11 is 0. The molecule has 0 saturated heterocycles. The third kappa shape index (κ3) is 3.54. The second kappa shape index (κ2) is 8.92. The number of pyridine rings is 4. The highest BCUT2D eigenvalue weighted by Crippen LogP contribution is 2.51. The minimum atomic E-state index is 0.695. The van der Waals surface area contributed by atoms with Crippen molar-refractivity contribution < 1.29 is 9.47 Å². The molecule has 8 rings (SSSR count). The molecule has 2 aliphatic heterocycles. The second-order valence-electron chi connectivity index (χ2n) is 9.34. The molecule has 0 N–H and O–H groups in total. The van der Waals surface area contributed by atoms with Gasteiger partial charge in [0.25, 0.3) is 0 Å². The van der Waals surface area contributed by atoms with Crippen LogP contribution in [0.1, 0.15) is 0 Å². The number of aromatic nitrogens is 4. The average Bonchev–Trinajstić information content (AvgIpc) is 3.03. The quantitative estimate of drug-likeness (QED) is 0.231. The van der Waals surface area contributed by atoms with Crippen LogP contribution in [-0.2, 0) is 0 Å². The Hall–Kier alpha value is -5.76. The van der Waals surface area contributed by atoms with E-state index in [1.807, 2.05) is 24.3 Å². The monoisotopic (exact) mass is 520 g/mol. The minimum Gasteiger partial charge on any atom is -0.450 e. The maximum atomic E-state index is 6.04. The van der Waals surface area contributed by atoms with Gasteiger partial charge >= 0.3 is 0 Å². The predicted molar refractivity (Wildman–Crippen MR) is 153 cm³/mol. The Morgan fingerprint density at radius 3 is 0.975 bits per heavy atom. The lowest BCUT2D eigenvalue weighted by molar-refractivity contribution is 0.472. The van der Waals surface area contributed by atoms with Gasteiger partial charge in [0.1, 0.15) is 0 Å². The largest absolute Gasteiger partial charge is 0.450 e. The first kappa shape index (κ1) is 22.2. The summed E-state index contributed by atoms with van der Waals surface area (Å²) in [5.74, 6) is 2.78. The molecule has 8 heteroatoms. The predicted octanol–water partition coefficient (Wildman–Crippen LogP) is 8.08. The van der Waals surface area contributed by atoms with Crippen molar-refractivity contribution in [1.82, 2.24) is 19.9 Å². The highest BCUT2D eigenvalue weighted by Gasteiger charge is 2.27. The highest BCUT2D eigenvalue weighted by molar-refractivity contribution is 5.88. The van der Waals surface area contributed by atoms with Gasteiger partial charge in [0.05, 0.1) is 47.5 Å². The van der Waals surface area contributed by atoms with E-state index in [2.05, 4.69) is 78.3 Å². The van der Waals surface area contributed by atoms with Gasteiger partial charge in [-0.2, -0.15) is 0 Å². The van der Waals surface area contributed by atoms with Crippen LogP contribution in [0.25, 0.3) is 11.1 Å². The zero-order valence-electron chi connectivity index (χ0n) is 21.0. The van der Waals surface area contributed by atoms with Gasteiger partial charge in [0, 0.05) is 36.2 Å². The summed E-state index contributed by atoms with van der Waals surface area (Å²) in [6.07, 6.45) is 14.0. The summed E-state index contributed by atoms with van der Waals surface area (Å²) < 4.78 is 12.1. The average molecular weight is 521 g/mol. The summed E-state index contributed by atoms with van der Waals surface area (Å²) in [4.78, 5) is 21.3. The van der Waals surface area contributed by atoms with Gasteiger partial charge in [0.15, 0.2) is 23.0 Å². The van der Waals surface area contributed by atoms with Crippen LogP contribution >= 0.6 is 0 Å². The number of rotatable bonds is 3. The van der Waals surface area contributed by atoms with E-state index < -0.39 is 0 Å². The molecule has 4 aromatic heterocycles. The van der Waals surface area contributed by atoms with Crippen molar-refractivity contribution in [2.75, 3.05) is 9.80 Å². The van der Waals surface area contributed by atoms with Crippen LogP contribution in [0.2, 0.25) is 0 Å². The van der Waals surface area contributed by atoms with E-state index in [4.69, 9.17) is 9.47 Å². The summed E-state index contributed by atoms with van der Waals surface area (Å²) in [5.41, 5.74) is 8.00. The lowest BCUT2D eigenvalue weighted by Gasteiger charge is -2.32. The Morgan fingerprint density at radius 1 is 0.375 bits per heavy atom. The smallest absolute Gasteiger partial charge is 0.169 e. The summed E-state index contributed by atoms with van der Waals surface area (Å²) in [6.45, 7) is 0. The third-order valence-corrected chi connectivity index (χ3v) is 7.04. The molecule has 0 fully saturated rings. The molecule has 40 heavy (non-hydrogen) atoms. The van der Waals surface area contributed by atoms with Crippen LogP contribution in [0.4, 0.5) is 34.1 Å². The van der Waals surface area contributed by atoms with E-state index in [-0.39, 0.29) is 0 Å². The maximum absolute atomic E-state index is 6.04. The fourth-order valence-electron chi connectivity index (χ4n) is 5.20. The van der Waals surface area contributed by atoms with Gasteiger partial charge < -0.3 is 19.3 Å². The van der Waals surface area contributed by atoms with Gasteiger partial charge in [-0.05, 0) is 59.7 Å². The van der Waals surface area contributed by atoms with Crippen molar-refractivity contribution >= 4 is 34.1 Å². The number of hydrogen-bond acceptors (Lipinski definition) is 8. The fraction of sp³-hybridized carbons (Fsp3) is 0. The summed E-state index contributed by atoms with van der Waals surface area (Å²) in [7, 11) is 0. The lowest BCUT2D eigenvalue weighted by Crippen LogP contribution is -2.16. The zero-order chi connectivity index (χ0) is 26.5. The Balaban J connectivity index is 1.13. The van der Waals surface area contributed by atoms with Crippen molar-refractivity contribution in [3.8, 4) is 34.1 Å². The Labute approximate surface area is 229 Å². The Bertz CT molecular complexity index is 1650. The van der Waals surface area contributed by atoms with Crippen LogP contribution in [0, 0.1) is 0 Å². The molecule has 2 aliphatic rings. The van der Waals surface area contributed by atoms with Gasteiger partial charge in [-0.25, -0.2) is 0 Å². The van der Waals surface area contributed by atoms with Crippen LogP contribution in [0.3, 0.4) is 0 Å². The van der Waals surface area contributed by atoms with Crippen LogP contribution in [0.15, 0.2) is 122 Å². The van der Waals surface area contributed by atoms with E-state index in [1.165, 1.54) is 0 Å². The van der Waals surface area contributed by atoms with Gasteiger partial charge in [-0.15, -0.1) is 0 Å². The molecule has 0 unspecified atom stereocenters. The van der Waals surface area contributed by atoms with E-state index in [0.29, 0.717) is 23.0 Å². The molecular weight excluding hydrogens is 500 g/mol. The maximum Gasteiger partial charge on any atom is 0.169 e. The molecule has 6 heterocycles. The molecule has 0 amide bonds. The van der Waals surface area contributed by atoms with Crippen LogP contribution in [0.5, 0.6) is 23.0 Å². The van der Waals surface area contributed by atoms with E-state index >= 15 is 0 Å². The number of ether oxygens (including phenoxy) is 2. The second-order valence-corrected chi connectivity index (χ2v) is 9.34. The molecular formula is C32H20N6O2. The fourth-order valence-corrected chi connectivity index (χ4v) is 5.20. The molecule has 190 valence electrons. The van der Waals surface area contributed by atoms with Gasteiger partial charge in [-0.3, -0.25) is 19.9 Å². The molecule has 8 nitrogen and oxygen atoms in total. The summed E-state index contributed by atoms with van der Waals surface area (Å²) in [6, 6.07) is 24.9. The number of fused-ring (bicyclic) bond motifs is 4. The summed E-state index contributed by atoms with van der Waals surface area (Å²) in [5, 5.41) is 0. The first-order chi connectivity index (χ1) is 19.8. The topological polar surface area (TPSA) is 76.5 Å². The molecule has 2 aromatic carbocycles. The Kier molecular flexibility index (Phi) is 4.96. The van der Waals surface area contributed by atoms with Crippen molar-refractivity contribution in [1.29, 1.82) is 0 Å². The lowest BCUT2D eigenvalue weighted by atomic mass is 10.0. The Morgan fingerprint density at radius 2 is 0.675 bits per heavy atom. The van der Waals surface area contributed by atoms with E-state index in [1.54, 1.807) is 49.6 Å². The molecule has 6 aromatic rings. The van der Waals surface area contributed by atoms with E-state index in [0.717, 1.165) is 45.3 Å². The molecule has 0 bridgehead atoms. The molecule has 0 aliphatic carbocycles. The van der Waals surface area contributed by atoms with Crippen molar-refractivity contribution in [3.63, 3.8) is 0 Å². The first-order valence-electron chi connectivity index (χ1n) is 12.8. The number of anilines is 6. The highest BCUT2D eigenvalue weighted by atomic mass is 16.5. The number of hydrogen-bond donors (Lipinski definition) is 0. The van der Waals surface area contributed by atoms with Crippen molar-refractivity contribution in [2.45, 2.75) is 0 Å². The first-order valence-corrected chi connectivity index (χ1v) is 12.8. The molecule has 0 atom stereocenters. The minimum absolute atomic E-state index is 0.695. The normalized spacial score (nSPS) is 12.8. The molecule has 0 saturated carbocycles. The van der Waals surface area contributed by atoms with Crippen LogP contribution in [-0.4, -0.2) is 19.9 Å². The molecule has 0 spiro atoms. The SMILES string of the molecule is c1cc2c(cn1)Oc1cnccc1N2c1ccc(-c2ccc(N3c4ccncc4Oc4cnccc43)cc2)cc1. The van der Waals surface area contributed by atoms with Crippen molar-refractivity contribution in [3.05, 3.63) is 122 Å². The number of nitrogens with zero attached hydrogens (tertiary/aromatic N) is 6.